The number of nitrogens with zero attached hydrogens (tertiary/aromatic N) is 1. The number of aryl methyl sites for hydroxylation is 1. The summed E-state index contributed by atoms with van der Waals surface area (Å²) in [6.45, 7) is 4.50. The van der Waals surface area contributed by atoms with Gasteiger partial charge in [0, 0.05) is 37.4 Å². The van der Waals surface area contributed by atoms with E-state index in [9.17, 15) is 4.79 Å². The molecule has 0 aromatic carbocycles. The molecule has 0 amide bonds. The van der Waals surface area contributed by atoms with E-state index >= 15 is 0 Å². The van der Waals surface area contributed by atoms with Crippen LogP contribution >= 0.6 is 0 Å². The molecular formula is C10H16N2O2. The zero-order valence-corrected chi connectivity index (χ0v) is 8.45. The number of hydrogen-bond donors (Lipinski definition) is 1. The van der Waals surface area contributed by atoms with E-state index in [0.29, 0.717) is 5.92 Å². The van der Waals surface area contributed by atoms with E-state index in [1.54, 1.807) is 6.07 Å². The van der Waals surface area contributed by atoms with Crippen LogP contribution in [-0.2, 0) is 11.3 Å². The number of rotatable bonds is 2. The van der Waals surface area contributed by atoms with Crippen LogP contribution in [0.1, 0.15) is 31.4 Å². The molecule has 4 heteroatoms. The highest BCUT2D eigenvalue weighted by Gasteiger charge is 2.19. The maximum Gasteiger partial charge on any atom is 0.264 e. The van der Waals surface area contributed by atoms with E-state index in [1.807, 2.05) is 11.6 Å². The second kappa shape index (κ2) is 4.00. The zero-order valence-electron chi connectivity index (χ0n) is 8.45. The molecule has 2 rings (SSSR count). The highest BCUT2D eigenvalue weighted by Crippen LogP contribution is 2.25. The van der Waals surface area contributed by atoms with Crippen molar-refractivity contribution >= 4 is 0 Å². The van der Waals surface area contributed by atoms with Gasteiger partial charge in [0.2, 0.25) is 0 Å². The molecule has 1 aromatic heterocycles. The Bertz CT molecular complexity index is 347. The van der Waals surface area contributed by atoms with Gasteiger partial charge in [-0.15, -0.1) is 0 Å². The van der Waals surface area contributed by atoms with Gasteiger partial charge in [-0.25, -0.2) is 0 Å². The molecule has 0 atom stereocenters. The fourth-order valence-electron chi connectivity index (χ4n) is 2.04. The summed E-state index contributed by atoms with van der Waals surface area (Å²) >= 11 is 0. The lowest BCUT2D eigenvalue weighted by Crippen LogP contribution is -2.17. The van der Waals surface area contributed by atoms with Crippen molar-refractivity contribution in [2.45, 2.75) is 32.2 Å². The van der Waals surface area contributed by atoms with Crippen LogP contribution in [0.4, 0.5) is 0 Å². The molecule has 1 N–H and O–H groups in total. The molecule has 0 unspecified atom stereocenters. The summed E-state index contributed by atoms with van der Waals surface area (Å²) < 4.78 is 7.25. The molecule has 0 spiro atoms. The normalized spacial score (nSPS) is 18.6. The number of aromatic amines is 1. The van der Waals surface area contributed by atoms with Crippen LogP contribution in [0.15, 0.2) is 10.9 Å². The lowest BCUT2D eigenvalue weighted by molar-refractivity contribution is 0.0835. The minimum Gasteiger partial charge on any atom is -0.381 e. The van der Waals surface area contributed by atoms with Gasteiger partial charge in [0.1, 0.15) is 0 Å². The summed E-state index contributed by atoms with van der Waals surface area (Å²) in [6, 6.07) is 1.72. The van der Waals surface area contributed by atoms with E-state index in [0.717, 1.165) is 38.3 Å². The van der Waals surface area contributed by atoms with Crippen molar-refractivity contribution in [1.82, 2.24) is 9.78 Å². The zero-order chi connectivity index (χ0) is 9.97. The van der Waals surface area contributed by atoms with Crippen molar-refractivity contribution in [3.05, 3.63) is 22.1 Å². The van der Waals surface area contributed by atoms with Gasteiger partial charge in [0.05, 0.1) is 0 Å². The SMILES string of the molecule is CCn1[nH]c(=O)cc1C1CCOCC1. The molecule has 1 aliphatic rings. The molecule has 78 valence electrons. The summed E-state index contributed by atoms with van der Waals surface area (Å²) in [5.74, 6) is 0.489. The summed E-state index contributed by atoms with van der Waals surface area (Å²) in [5, 5.41) is 2.81. The Hall–Kier alpha value is -1.03. The van der Waals surface area contributed by atoms with Crippen molar-refractivity contribution in [2.75, 3.05) is 13.2 Å². The average Bonchev–Trinajstić information content (AvgIpc) is 2.61. The largest absolute Gasteiger partial charge is 0.381 e. The fourth-order valence-corrected chi connectivity index (χ4v) is 2.04. The van der Waals surface area contributed by atoms with Crippen LogP contribution in [0.5, 0.6) is 0 Å². The molecule has 0 bridgehead atoms. The Morgan fingerprint density at radius 3 is 2.93 bits per heavy atom. The predicted molar refractivity (Wildman–Crippen MR) is 53.5 cm³/mol. The third-order valence-electron chi connectivity index (χ3n) is 2.79. The number of nitrogens with one attached hydrogen (secondary N) is 1. The molecule has 0 saturated carbocycles. The van der Waals surface area contributed by atoms with Gasteiger partial charge in [-0.1, -0.05) is 0 Å². The van der Waals surface area contributed by atoms with Gasteiger partial charge in [0.15, 0.2) is 0 Å². The van der Waals surface area contributed by atoms with Crippen LogP contribution in [-0.4, -0.2) is 23.0 Å². The van der Waals surface area contributed by atoms with Crippen molar-refractivity contribution in [3.63, 3.8) is 0 Å². The standard InChI is InChI=1S/C10H16N2O2/c1-2-12-9(7-10(13)11-12)8-3-5-14-6-4-8/h7-8H,2-6H2,1H3,(H,11,13). The summed E-state index contributed by atoms with van der Waals surface area (Å²) in [5.41, 5.74) is 1.15. The fraction of sp³-hybridized carbons (Fsp3) is 0.700. The number of ether oxygens (including phenoxy) is 1. The Morgan fingerprint density at radius 2 is 2.29 bits per heavy atom. The monoisotopic (exact) mass is 196 g/mol. The van der Waals surface area contributed by atoms with Crippen molar-refractivity contribution in [3.8, 4) is 0 Å². The van der Waals surface area contributed by atoms with Crippen molar-refractivity contribution in [1.29, 1.82) is 0 Å². The second-order valence-electron chi connectivity index (χ2n) is 3.68. The maximum atomic E-state index is 11.2. The van der Waals surface area contributed by atoms with Crippen LogP contribution in [0.25, 0.3) is 0 Å². The van der Waals surface area contributed by atoms with Gasteiger partial charge in [-0.2, -0.15) is 0 Å². The number of aromatic nitrogens is 2. The Balaban J connectivity index is 2.24. The molecule has 1 aromatic rings. The lowest BCUT2D eigenvalue weighted by atomic mass is 9.96. The van der Waals surface area contributed by atoms with Gasteiger partial charge >= 0.3 is 0 Å². The van der Waals surface area contributed by atoms with Gasteiger partial charge in [-0.05, 0) is 19.8 Å². The molecule has 4 nitrogen and oxygen atoms in total. The Morgan fingerprint density at radius 1 is 1.57 bits per heavy atom. The van der Waals surface area contributed by atoms with Crippen LogP contribution in [0, 0.1) is 0 Å². The smallest absolute Gasteiger partial charge is 0.264 e. The first-order chi connectivity index (χ1) is 6.81. The topological polar surface area (TPSA) is 47.0 Å². The van der Waals surface area contributed by atoms with Gasteiger partial charge in [-0.3, -0.25) is 14.6 Å². The van der Waals surface area contributed by atoms with E-state index in [2.05, 4.69) is 5.10 Å². The van der Waals surface area contributed by atoms with Gasteiger partial charge < -0.3 is 4.74 Å². The first-order valence-corrected chi connectivity index (χ1v) is 5.18. The number of hydrogen-bond acceptors (Lipinski definition) is 2. The van der Waals surface area contributed by atoms with E-state index < -0.39 is 0 Å². The molecule has 2 heterocycles. The highest BCUT2D eigenvalue weighted by molar-refractivity contribution is 5.08. The number of H-pyrrole nitrogens is 1. The highest BCUT2D eigenvalue weighted by atomic mass is 16.5. The van der Waals surface area contributed by atoms with Crippen LogP contribution < -0.4 is 5.56 Å². The summed E-state index contributed by atoms with van der Waals surface area (Å²) in [7, 11) is 0. The van der Waals surface area contributed by atoms with E-state index in [-0.39, 0.29) is 5.56 Å². The Kier molecular flexibility index (Phi) is 2.72. The molecule has 1 aliphatic heterocycles. The third kappa shape index (κ3) is 1.75. The summed E-state index contributed by atoms with van der Waals surface area (Å²) in [6.07, 6.45) is 2.05. The molecule has 1 fully saturated rings. The van der Waals surface area contributed by atoms with Crippen molar-refractivity contribution in [2.24, 2.45) is 0 Å². The molecule has 14 heavy (non-hydrogen) atoms. The van der Waals surface area contributed by atoms with Crippen LogP contribution in [0.3, 0.4) is 0 Å². The van der Waals surface area contributed by atoms with Crippen LogP contribution in [0.2, 0.25) is 0 Å². The minimum atomic E-state index is 0.00772. The van der Waals surface area contributed by atoms with Crippen molar-refractivity contribution < 1.29 is 4.74 Å². The molecular weight excluding hydrogens is 180 g/mol. The quantitative estimate of drug-likeness (QED) is 0.769. The first kappa shape index (κ1) is 9.52. The second-order valence-corrected chi connectivity index (χ2v) is 3.68. The molecule has 0 aliphatic carbocycles. The maximum absolute atomic E-state index is 11.2. The average molecular weight is 196 g/mol. The molecule has 0 radical (unpaired) electrons. The Labute approximate surface area is 82.9 Å². The molecule has 1 saturated heterocycles. The minimum absolute atomic E-state index is 0.00772. The summed E-state index contributed by atoms with van der Waals surface area (Å²) in [4.78, 5) is 11.2. The first-order valence-electron chi connectivity index (χ1n) is 5.18. The third-order valence-corrected chi connectivity index (χ3v) is 2.79. The van der Waals surface area contributed by atoms with E-state index in [4.69, 9.17) is 4.74 Å². The van der Waals surface area contributed by atoms with Gasteiger partial charge in [0.25, 0.3) is 5.56 Å². The predicted octanol–water partition coefficient (Wildman–Crippen LogP) is 1.09. The van der Waals surface area contributed by atoms with E-state index in [1.165, 1.54) is 0 Å². The lowest BCUT2D eigenvalue weighted by Gasteiger charge is -2.22.